The Morgan fingerprint density at radius 2 is 1.71 bits per heavy atom. The van der Waals surface area contributed by atoms with Gasteiger partial charge in [0.05, 0.1) is 30.7 Å². The Morgan fingerprint density at radius 3 is 2.38 bits per heavy atom. The zero-order valence-corrected chi connectivity index (χ0v) is 26.9. The molecule has 16 heteroatoms. The van der Waals surface area contributed by atoms with Crippen LogP contribution < -0.4 is 26.2 Å². The number of carbonyl (C=O) groups excluding carboxylic acids is 2. The van der Waals surface area contributed by atoms with Crippen LogP contribution in [-0.4, -0.2) is 83.0 Å². The van der Waals surface area contributed by atoms with E-state index in [4.69, 9.17) is 15.2 Å². The maximum absolute atomic E-state index is 14.1. The zero-order chi connectivity index (χ0) is 34.2. The van der Waals surface area contributed by atoms with Gasteiger partial charge in [0.2, 0.25) is 0 Å². The normalized spacial score (nSPS) is 21.2. The molecule has 3 aliphatic rings. The summed E-state index contributed by atoms with van der Waals surface area (Å²) in [6.45, 7) is 8.43. The maximum Gasteiger partial charge on any atom is 0.418 e. The molecule has 2 aliphatic heterocycles. The van der Waals surface area contributed by atoms with Crippen LogP contribution in [0.15, 0.2) is 36.7 Å². The summed E-state index contributed by atoms with van der Waals surface area (Å²) in [6.07, 6.45) is -0.753. The Kier molecular flexibility index (Phi) is 9.02. The highest BCUT2D eigenvalue weighted by Crippen LogP contribution is 2.41. The highest BCUT2D eigenvalue weighted by atomic mass is 19.4. The number of nitrogen functional groups attached to an aromatic ring is 1. The van der Waals surface area contributed by atoms with Gasteiger partial charge in [0, 0.05) is 38.4 Å². The van der Waals surface area contributed by atoms with Crippen molar-refractivity contribution in [2.24, 2.45) is 11.8 Å². The summed E-state index contributed by atoms with van der Waals surface area (Å²) in [5, 5.41) is 5.79. The minimum Gasteiger partial charge on any atom is -0.444 e. The average molecular weight is 670 g/mol. The lowest BCUT2D eigenvalue weighted by molar-refractivity contribution is -0.137. The van der Waals surface area contributed by atoms with Crippen molar-refractivity contribution in [3.63, 3.8) is 0 Å². The number of alkyl halides is 3. The minimum absolute atomic E-state index is 0.0411. The number of aromatic nitrogens is 4. The number of anilines is 4. The predicted molar refractivity (Wildman–Crippen MR) is 171 cm³/mol. The predicted octanol–water partition coefficient (Wildman–Crippen LogP) is 4.36. The van der Waals surface area contributed by atoms with Gasteiger partial charge >= 0.3 is 12.3 Å². The molecule has 2 saturated heterocycles. The van der Waals surface area contributed by atoms with Gasteiger partial charge in [-0.2, -0.15) is 13.2 Å². The Balaban J connectivity index is 1.23. The molecule has 1 unspecified atom stereocenters. The van der Waals surface area contributed by atoms with E-state index in [9.17, 15) is 22.8 Å². The van der Waals surface area contributed by atoms with E-state index in [-0.39, 0.29) is 40.9 Å². The molecule has 4 N–H and O–H groups in total. The summed E-state index contributed by atoms with van der Waals surface area (Å²) < 4.78 is 53.1. The summed E-state index contributed by atoms with van der Waals surface area (Å²) in [7, 11) is 0. The first kappa shape index (κ1) is 33.2. The fourth-order valence-corrected chi connectivity index (χ4v) is 6.53. The standard InChI is InChI=1S/C32H38F3N9O4/c1-31(2,3)48-30(46)41-24-18-6-7-19(24)17-44(16-18)22-5-4-10-37-28(22)42-29(45)26-27(36)38-15-21(39-26)25-20(32(33,34)35)8-9-23(40-25)43-11-13-47-14-12-43/h4-5,8-10,15,18-19,24H,6-7,11-14,16-17H2,1-3H3,(H2,36,38)(H,41,46)(H,37,42,45)/t18-,19+,24?. The molecule has 13 nitrogen and oxygen atoms in total. The van der Waals surface area contributed by atoms with Gasteiger partial charge < -0.3 is 35.6 Å². The molecule has 5 heterocycles. The lowest BCUT2D eigenvalue weighted by Crippen LogP contribution is -2.53. The summed E-state index contributed by atoms with van der Waals surface area (Å²) in [5.41, 5.74) is 3.98. The van der Waals surface area contributed by atoms with Crippen LogP contribution in [0.5, 0.6) is 0 Å². The van der Waals surface area contributed by atoms with Crippen molar-refractivity contribution >= 4 is 35.1 Å². The minimum atomic E-state index is -4.74. The molecule has 1 aliphatic carbocycles. The summed E-state index contributed by atoms with van der Waals surface area (Å²) in [6, 6.07) is 5.79. The number of hydrogen-bond donors (Lipinski definition) is 3. The molecular weight excluding hydrogens is 631 g/mol. The molecule has 1 saturated carbocycles. The van der Waals surface area contributed by atoms with Gasteiger partial charge in [0.25, 0.3) is 5.91 Å². The SMILES string of the molecule is CC(C)(C)OC(=O)NC1[C@@H]2CC[C@H]1CN(c1cccnc1NC(=O)c1nc(-c3nc(N4CCOCC4)ccc3C(F)(F)F)cnc1N)C2. The van der Waals surface area contributed by atoms with Crippen LogP contribution in [0.2, 0.25) is 0 Å². The van der Waals surface area contributed by atoms with E-state index in [1.54, 1.807) is 6.07 Å². The molecule has 3 fully saturated rings. The zero-order valence-electron chi connectivity index (χ0n) is 26.9. The lowest BCUT2D eigenvalue weighted by Gasteiger charge is -2.40. The molecule has 256 valence electrons. The lowest BCUT2D eigenvalue weighted by atomic mass is 9.92. The third-order valence-corrected chi connectivity index (χ3v) is 8.66. The smallest absolute Gasteiger partial charge is 0.418 e. The van der Waals surface area contributed by atoms with Crippen molar-refractivity contribution in [1.29, 1.82) is 0 Å². The van der Waals surface area contributed by atoms with E-state index >= 15 is 0 Å². The molecule has 2 amide bonds. The van der Waals surface area contributed by atoms with Crippen molar-refractivity contribution < 1.29 is 32.2 Å². The van der Waals surface area contributed by atoms with Crippen molar-refractivity contribution in [2.75, 3.05) is 60.2 Å². The molecule has 0 aromatic carbocycles. The number of rotatable bonds is 6. The second-order valence-electron chi connectivity index (χ2n) is 13.2. The maximum atomic E-state index is 14.1. The molecule has 3 aromatic heterocycles. The Labute approximate surface area is 275 Å². The monoisotopic (exact) mass is 669 g/mol. The van der Waals surface area contributed by atoms with E-state index in [1.165, 1.54) is 12.3 Å². The van der Waals surface area contributed by atoms with Gasteiger partial charge in [-0.05, 0) is 69.7 Å². The number of nitrogens with one attached hydrogen (secondary N) is 2. The molecule has 0 spiro atoms. The fourth-order valence-electron chi connectivity index (χ4n) is 6.53. The number of nitrogens with zero attached hydrogens (tertiary/aromatic N) is 6. The number of hydrogen-bond acceptors (Lipinski definition) is 11. The van der Waals surface area contributed by atoms with Gasteiger partial charge in [0.15, 0.2) is 17.3 Å². The van der Waals surface area contributed by atoms with Gasteiger partial charge in [-0.25, -0.2) is 24.7 Å². The van der Waals surface area contributed by atoms with Gasteiger partial charge in [-0.1, -0.05) is 0 Å². The summed E-state index contributed by atoms with van der Waals surface area (Å²) in [4.78, 5) is 47.0. The third-order valence-electron chi connectivity index (χ3n) is 8.66. The number of morpholine rings is 1. The molecular formula is C32H38F3N9O4. The van der Waals surface area contributed by atoms with Crippen LogP contribution in [0.3, 0.4) is 0 Å². The van der Waals surface area contributed by atoms with E-state index in [1.807, 2.05) is 31.7 Å². The number of amides is 2. The van der Waals surface area contributed by atoms with E-state index in [2.05, 4.69) is 35.5 Å². The van der Waals surface area contributed by atoms with Crippen molar-refractivity contribution in [2.45, 2.75) is 51.4 Å². The number of pyridine rings is 2. The number of piperidine rings is 1. The largest absolute Gasteiger partial charge is 0.444 e. The fraction of sp³-hybridized carbons (Fsp3) is 0.500. The average Bonchev–Trinajstić information content (AvgIpc) is 3.25. The summed E-state index contributed by atoms with van der Waals surface area (Å²) in [5.74, 6) is -0.190. The Morgan fingerprint density at radius 1 is 1.00 bits per heavy atom. The molecule has 48 heavy (non-hydrogen) atoms. The second kappa shape index (κ2) is 13.1. The quantitative estimate of drug-likeness (QED) is 0.342. The van der Waals surface area contributed by atoms with Gasteiger partial charge in [-0.15, -0.1) is 0 Å². The first-order valence-electron chi connectivity index (χ1n) is 15.8. The number of alkyl carbamates (subject to hydrolysis) is 1. The first-order valence-corrected chi connectivity index (χ1v) is 15.8. The van der Waals surface area contributed by atoms with Crippen LogP contribution in [0, 0.1) is 11.8 Å². The molecule has 3 atom stereocenters. The number of halogens is 3. The van der Waals surface area contributed by atoms with Gasteiger partial charge in [-0.3, -0.25) is 4.79 Å². The molecule has 0 radical (unpaired) electrons. The van der Waals surface area contributed by atoms with Crippen LogP contribution in [-0.2, 0) is 15.7 Å². The number of carbonyl (C=O) groups is 2. The molecule has 6 rings (SSSR count). The Bertz CT molecular complexity index is 1660. The van der Waals surface area contributed by atoms with Crippen LogP contribution in [0.25, 0.3) is 11.4 Å². The van der Waals surface area contributed by atoms with Crippen LogP contribution in [0.1, 0.15) is 49.7 Å². The second-order valence-corrected chi connectivity index (χ2v) is 13.2. The van der Waals surface area contributed by atoms with Crippen molar-refractivity contribution in [3.05, 3.63) is 47.9 Å². The number of ether oxygens (including phenoxy) is 2. The van der Waals surface area contributed by atoms with Crippen LogP contribution >= 0.6 is 0 Å². The molecule has 2 bridgehead atoms. The summed E-state index contributed by atoms with van der Waals surface area (Å²) >= 11 is 0. The van der Waals surface area contributed by atoms with Crippen molar-refractivity contribution in [3.8, 4) is 11.4 Å². The number of nitrogens with two attached hydrogens (primary N) is 1. The van der Waals surface area contributed by atoms with E-state index in [0.29, 0.717) is 50.9 Å². The van der Waals surface area contributed by atoms with Gasteiger partial charge in [0.1, 0.15) is 22.8 Å². The van der Waals surface area contributed by atoms with Crippen molar-refractivity contribution in [1.82, 2.24) is 25.3 Å². The molecule has 3 aromatic rings. The Hall–Kier alpha value is -4.73. The van der Waals surface area contributed by atoms with Crippen LogP contribution in [0.4, 0.5) is 41.1 Å². The number of fused-ring (bicyclic) bond motifs is 2. The third kappa shape index (κ3) is 7.22. The van der Waals surface area contributed by atoms with E-state index < -0.39 is 35.0 Å². The topological polar surface area (TPSA) is 161 Å². The van der Waals surface area contributed by atoms with E-state index in [0.717, 1.165) is 25.1 Å². The highest BCUT2D eigenvalue weighted by molar-refractivity contribution is 6.06. The highest BCUT2D eigenvalue weighted by Gasteiger charge is 2.44. The first-order chi connectivity index (χ1) is 22.8.